The zero-order valence-corrected chi connectivity index (χ0v) is 12.2. The Labute approximate surface area is 127 Å². The van der Waals surface area contributed by atoms with Crippen LogP contribution in [-0.4, -0.2) is 15.2 Å². The average molecular weight is 309 g/mol. The van der Waals surface area contributed by atoms with Gasteiger partial charge in [-0.05, 0) is 24.5 Å². The number of anilines is 1. The molecule has 3 nitrogen and oxygen atoms in total. The van der Waals surface area contributed by atoms with Gasteiger partial charge in [0.05, 0.1) is 17.8 Å². The zero-order chi connectivity index (χ0) is 14.2. The minimum Gasteiger partial charge on any atom is -0.324 e. The number of nitrogens with one attached hydrogen (secondary N) is 1. The maximum absolute atomic E-state index is 12.3. The van der Waals surface area contributed by atoms with Crippen LogP contribution < -0.4 is 5.32 Å². The summed E-state index contributed by atoms with van der Waals surface area (Å²) in [5.74, 6) is -0.341. The van der Waals surface area contributed by atoms with E-state index in [9.17, 15) is 4.79 Å². The van der Waals surface area contributed by atoms with Crippen LogP contribution in [0.1, 0.15) is 6.42 Å². The zero-order valence-electron chi connectivity index (χ0n) is 10.7. The molecule has 1 fully saturated rings. The topological polar surface area (TPSA) is 42.0 Å². The van der Waals surface area contributed by atoms with Crippen molar-refractivity contribution in [3.05, 3.63) is 48.8 Å². The molecule has 5 heteroatoms. The average Bonchev–Trinajstić information content (AvgIpc) is 3.04. The van der Waals surface area contributed by atoms with Gasteiger partial charge in [0.15, 0.2) is 0 Å². The number of carbonyl (C=O) groups is 1. The van der Waals surface area contributed by atoms with Crippen LogP contribution in [0.2, 0.25) is 0 Å². The molecule has 3 unspecified atom stereocenters. The van der Waals surface area contributed by atoms with Gasteiger partial charge in [-0.15, -0.1) is 23.2 Å². The first-order valence-corrected chi connectivity index (χ1v) is 7.28. The third-order valence-electron chi connectivity index (χ3n) is 3.80. The first-order chi connectivity index (χ1) is 9.60. The Morgan fingerprint density at radius 3 is 2.90 bits per heavy atom. The minimum absolute atomic E-state index is 0.0382. The molecule has 1 heterocycles. The van der Waals surface area contributed by atoms with Crippen LogP contribution in [0.3, 0.4) is 0 Å². The molecule has 0 spiro atoms. The van der Waals surface area contributed by atoms with E-state index in [4.69, 9.17) is 23.2 Å². The predicted octanol–water partition coefficient (Wildman–Crippen LogP) is 3.57. The molecule has 3 rings (SSSR count). The van der Waals surface area contributed by atoms with Crippen molar-refractivity contribution >= 4 is 34.8 Å². The summed E-state index contributed by atoms with van der Waals surface area (Å²) < 4.78 is -0.980. The Morgan fingerprint density at radius 2 is 2.25 bits per heavy atom. The van der Waals surface area contributed by atoms with E-state index < -0.39 is 4.33 Å². The number of aromatic nitrogens is 1. The molecule has 0 radical (unpaired) electrons. The van der Waals surface area contributed by atoms with E-state index in [-0.39, 0.29) is 23.7 Å². The van der Waals surface area contributed by atoms with E-state index in [1.807, 2.05) is 12.2 Å². The molecule has 104 valence electrons. The van der Waals surface area contributed by atoms with Crippen molar-refractivity contribution in [2.45, 2.75) is 10.8 Å². The van der Waals surface area contributed by atoms with E-state index in [1.54, 1.807) is 24.5 Å². The van der Waals surface area contributed by atoms with Crippen molar-refractivity contribution in [1.29, 1.82) is 0 Å². The predicted molar refractivity (Wildman–Crippen MR) is 80.7 cm³/mol. The quantitative estimate of drug-likeness (QED) is 0.867. The summed E-state index contributed by atoms with van der Waals surface area (Å²) in [6, 6.07) is 3.55. The summed E-state index contributed by atoms with van der Waals surface area (Å²) >= 11 is 12.6. The summed E-state index contributed by atoms with van der Waals surface area (Å²) in [4.78, 5) is 16.3. The molecule has 1 aromatic heterocycles. The summed E-state index contributed by atoms with van der Waals surface area (Å²) in [5, 5.41) is 2.82. The van der Waals surface area contributed by atoms with Crippen molar-refractivity contribution in [2.24, 2.45) is 17.8 Å². The molecular weight excluding hydrogens is 295 g/mol. The number of allylic oxidation sites excluding steroid dienone is 4. The molecule has 0 aliphatic heterocycles. The molecule has 3 atom stereocenters. The second kappa shape index (κ2) is 5.23. The van der Waals surface area contributed by atoms with Crippen molar-refractivity contribution in [3.63, 3.8) is 0 Å². The van der Waals surface area contributed by atoms with Gasteiger partial charge in [-0.1, -0.05) is 24.3 Å². The maximum Gasteiger partial charge on any atom is 0.230 e. The lowest BCUT2D eigenvalue weighted by Crippen LogP contribution is -2.17. The SMILES string of the molecule is O=C(Nc1cccnc1)C1C(C2C=CC=CC2)C1(Cl)Cl. The van der Waals surface area contributed by atoms with E-state index in [0.717, 1.165) is 6.42 Å². The fraction of sp³-hybridized carbons (Fsp3) is 0.333. The van der Waals surface area contributed by atoms with Gasteiger partial charge in [0.1, 0.15) is 4.33 Å². The van der Waals surface area contributed by atoms with Gasteiger partial charge >= 0.3 is 0 Å². The molecular formula is C15H14Cl2N2O. The first kappa shape index (κ1) is 13.7. The standard InChI is InChI=1S/C15H14Cl2N2O/c16-15(17)12(10-5-2-1-3-6-10)13(15)14(20)19-11-7-4-8-18-9-11/h1-5,7-10,12-13H,6H2,(H,19,20). The number of halogens is 2. The monoisotopic (exact) mass is 308 g/mol. The van der Waals surface area contributed by atoms with Gasteiger partial charge in [-0.25, -0.2) is 0 Å². The number of hydrogen-bond acceptors (Lipinski definition) is 2. The van der Waals surface area contributed by atoms with Crippen LogP contribution in [-0.2, 0) is 4.79 Å². The molecule has 20 heavy (non-hydrogen) atoms. The summed E-state index contributed by atoms with van der Waals surface area (Å²) in [7, 11) is 0. The second-order valence-corrected chi connectivity index (χ2v) is 6.57. The fourth-order valence-electron chi connectivity index (χ4n) is 2.74. The number of carbonyl (C=O) groups excluding carboxylic acids is 1. The largest absolute Gasteiger partial charge is 0.324 e. The van der Waals surface area contributed by atoms with Crippen LogP contribution in [0.15, 0.2) is 48.8 Å². The molecule has 2 aliphatic carbocycles. The van der Waals surface area contributed by atoms with Gasteiger partial charge in [-0.3, -0.25) is 9.78 Å². The van der Waals surface area contributed by atoms with Crippen LogP contribution in [0.4, 0.5) is 5.69 Å². The summed E-state index contributed by atoms with van der Waals surface area (Å²) in [6.45, 7) is 0. The molecule has 0 aromatic carbocycles. The van der Waals surface area contributed by atoms with E-state index >= 15 is 0 Å². The van der Waals surface area contributed by atoms with Crippen LogP contribution in [0.25, 0.3) is 0 Å². The molecule has 1 N–H and O–H groups in total. The lowest BCUT2D eigenvalue weighted by molar-refractivity contribution is -0.117. The highest BCUT2D eigenvalue weighted by atomic mass is 35.5. The number of pyridine rings is 1. The molecule has 1 amide bonds. The highest BCUT2D eigenvalue weighted by Crippen LogP contribution is 2.63. The summed E-state index contributed by atoms with van der Waals surface area (Å²) in [6.07, 6.45) is 12.2. The molecule has 1 saturated carbocycles. The Bertz CT molecular complexity index is 568. The Hall–Kier alpha value is -1.32. The number of nitrogens with zero attached hydrogens (tertiary/aromatic N) is 1. The highest BCUT2D eigenvalue weighted by Gasteiger charge is 2.68. The third-order valence-corrected chi connectivity index (χ3v) is 4.77. The third kappa shape index (κ3) is 2.48. The number of hydrogen-bond donors (Lipinski definition) is 1. The number of rotatable bonds is 3. The van der Waals surface area contributed by atoms with Crippen molar-refractivity contribution in [3.8, 4) is 0 Å². The van der Waals surface area contributed by atoms with Crippen molar-refractivity contribution < 1.29 is 4.79 Å². The van der Waals surface area contributed by atoms with Gasteiger partial charge in [0, 0.05) is 12.1 Å². The Morgan fingerprint density at radius 1 is 1.40 bits per heavy atom. The smallest absolute Gasteiger partial charge is 0.230 e. The second-order valence-electron chi connectivity index (χ2n) is 5.12. The number of alkyl halides is 2. The molecule has 1 aromatic rings. The van der Waals surface area contributed by atoms with E-state index in [0.29, 0.717) is 5.69 Å². The van der Waals surface area contributed by atoms with Crippen LogP contribution in [0.5, 0.6) is 0 Å². The van der Waals surface area contributed by atoms with Crippen LogP contribution >= 0.6 is 23.2 Å². The van der Waals surface area contributed by atoms with Crippen LogP contribution in [0, 0.1) is 17.8 Å². The Kier molecular flexibility index (Phi) is 3.57. The van der Waals surface area contributed by atoms with E-state index in [1.165, 1.54) is 0 Å². The molecule has 0 saturated heterocycles. The van der Waals surface area contributed by atoms with Gasteiger partial charge < -0.3 is 5.32 Å². The van der Waals surface area contributed by atoms with E-state index in [2.05, 4.69) is 22.5 Å². The molecule has 2 aliphatic rings. The highest BCUT2D eigenvalue weighted by molar-refractivity contribution is 6.53. The minimum atomic E-state index is -0.980. The van der Waals surface area contributed by atoms with Gasteiger partial charge in [0.25, 0.3) is 0 Å². The normalized spacial score (nSPS) is 30.0. The number of amides is 1. The molecule has 0 bridgehead atoms. The lowest BCUT2D eigenvalue weighted by Gasteiger charge is -2.12. The van der Waals surface area contributed by atoms with Crippen molar-refractivity contribution in [1.82, 2.24) is 4.98 Å². The lowest BCUT2D eigenvalue weighted by atomic mass is 9.94. The Balaban J connectivity index is 1.69. The maximum atomic E-state index is 12.3. The first-order valence-electron chi connectivity index (χ1n) is 6.53. The van der Waals surface area contributed by atoms with Gasteiger partial charge in [0.2, 0.25) is 5.91 Å². The fourth-order valence-corrected chi connectivity index (χ4v) is 3.66. The van der Waals surface area contributed by atoms with Crippen molar-refractivity contribution in [2.75, 3.05) is 5.32 Å². The summed E-state index contributed by atoms with van der Waals surface area (Å²) in [5.41, 5.74) is 0.659. The van der Waals surface area contributed by atoms with Gasteiger partial charge in [-0.2, -0.15) is 0 Å².